The first-order valence-electron chi connectivity index (χ1n) is 6.67. The van der Waals surface area contributed by atoms with Gasteiger partial charge in [0.05, 0.1) is 0 Å². The fraction of sp³-hybridized carbons (Fsp3) is 0.500. The number of hydrogen-bond acceptors (Lipinski definition) is 0. The molecule has 0 aliphatic carbocycles. The first-order valence-corrected chi connectivity index (χ1v) is 7.05. The van der Waals surface area contributed by atoms with Crippen molar-refractivity contribution in [2.45, 2.75) is 51.9 Å². The molecule has 0 atom stereocenters. The highest BCUT2D eigenvalue weighted by Gasteiger charge is 1.93. The summed E-state index contributed by atoms with van der Waals surface area (Å²) in [6.45, 7) is 2.25. The lowest BCUT2D eigenvalue weighted by Gasteiger charge is -1.98. The molecule has 0 nitrogen and oxygen atoms in total. The van der Waals surface area contributed by atoms with Gasteiger partial charge in [0.2, 0.25) is 0 Å². The summed E-state index contributed by atoms with van der Waals surface area (Å²) < 4.78 is 0. The van der Waals surface area contributed by atoms with Crippen molar-refractivity contribution in [3.05, 3.63) is 40.9 Å². The van der Waals surface area contributed by atoms with Crippen LogP contribution in [0.25, 0.3) is 6.08 Å². The second-order valence-corrected chi connectivity index (χ2v) is 4.80. The van der Waals surface area contributed by atoms with E-state index in [4.69, 9.17) is 11.6 Å². The van der Waals surface area contributed by atoms with E-state index in [2.05, 4.69) is 25.1 Å². The predicted molar refractivity (Wildman–Crippen MR) is 77.3 cm³/mol. The van der Waals surface area contributed by atoms with Crippen LogP contribution >= 0.6 is 11.6 Å². The number of hydrogen-bond donors (Lipinski definition) is 0. The van der Waals surface area contributed by atoms with Crippen molar-refractivity contribution in [1.82, 2.24) is 0 Å². The molecule has 0 aliphatic heterocycles. The zero-order valence-corrected chi connectivity index (χ0v) is 11.5. The van der Waals surface area contributed by atoms with E-state index >= 15 is 0 Å². The van der Waals surface area contributed by atoms with E-state index < -0.39 is 0 Å². The second kappa shape index (κ2) is 9.30. The summed E-state index contributed by atoms with van der Waals surface area (Å²) in [5.74, 6) is 0. The standard InChI is InChI=1S/C16H22Cl/c1-2-3-4-5-6-7-8-9-12-15-13-10-11-14-16(15)17/h9-12,14H,2-8H2,1H3/b12-9+. The summed E-state index contributed by atoms with van der Waals surface area (Å²) in [7, 11) is 0. The summed E-state index contributed by atoms with van der Waals surface area (Å²) in [6.07, 6.45) is 13.5. The largest absolute Gasteiger partial charge is 0.0839 e. The third-order valence-corrected chi connectivity index (χ3v) is 3.17. The number of allylic oxidation sites excluding steroid dienone is 1. The molecule has 1 aromatic rings. The summed E-state index contributed by atoms with van der Waals surface area (Å²) >= 11 is 6.04. The minimum atomic E-state index is 0.784. The van der Waals surface area contributed by atoms with Crippen LogP contribution in [0.2, 0.25) is 5.02 Å². The van der Waals surface area contributed by atoms with Gasteiger partial charge in [-0.2, -0.15) is 0 Å². The number of rotatable bonds is 8. The van der Waals surface area contributed by atoms with E-state index in [1.807, 2.05) is 18.2 Å². The molecule has 93 valence electrons. The predicted octanol–water partition coefficient (Wildman–Crippen LogP) is 5.90. The minimum Gasteiger partial charge on any atom is -0.0839 e. The average molecular weight is 250 g/mol. The Morgan fingerprint density at radius 2 is 1.94 bits per heavy atom. The Kier molecular flexibility index (Phi) is 7.83. The average Bonchev–Trinajstić information content (AvgIpc) is 2.35. The summed E-state index contributed by atoms with van der Waals surface area (Å²) in [5.41, 5.74) is 1.00. The summed E-state index contributed by atoms with van der Waals surface area (Å²) in [4.78, 5) is 0. The van der Waals surface area contributed by atoms with Gasteiger partial charge in [0.25, 0.3) is 0 Å². The topological polar surface area (TPSA) is 0 Å². The van der Waals surface area contributed by atoms with Crippen molar-refractivity contribution in [2.75, 3.05) is 0 Å². The molecule has 1 heteroatoms. The molecule has 0 saturated heterocycles. The highest BCUT2D eigenvalue weighted by molar-refractivity contribution is 6.32. The zero-order valence-electron chi connectivity index (χ0n) is 10.7. The van der Waals surface area contributed by atoms with Crippen molar-refractivity contribution in [1.29, 1.82) is 0 Å². The lowest BCUT2D eigenvalue weighted by atomic mass is 10.1. The van der Waals surface area contributed by atoms with Gasteiger partial charge in [0, 0.05) is 10.6 Å². The molecule has 1 rings (SSSR count). The fourth-order valence-electron chi connectivity index (χ4n) is 1.80. The van der Waals surface area contributed by atoms with E-state index in [0.717, 1.165) is 17.0 Å². The first-order chi connectivity index (χ1) is 8.34. The molecule has 0 bridgehead atoms. The molecule has 1 radical (unpaired) electrons. The highest BCUT2D eigenvalue weighted by Crippen LogP contribution is 2.16. The van der Waals surface area contributed by atoms with Crippen molar-refractivity contribution in [2.24, 2.45) is 0 Å². The second-order valence-electron chi connectivity index (χ2n) is 4.39. The molecular weight excluding hydrogens is 228 g/mol. The zero-order chi connectivity index (χ0) is 12.3. The lowest BCUT2D eigenvalue weighted by Crippen LogP contribution is -1.78. The van der Waals surface area contributed by atoms with Crippen LogP contribution in [0, 0.1) is 6.07 Å². The van der Waals surface area contributed by atoms with Gasteiger partial charge in [-0.1, -0.05) is 74.9 Å². The van der Waals surface area contributed by atoms with Crippen LogP contribution in [0.3, 0.4) is 0 Å². The maximum Gasteiger partial charge on any atom is 0.0484 e. The summed E-state index contributed by atoms with van der Waals surface area (Å²) in [5, 5.41) is 0.784. The Morgan fingerprint density at radius 3 is 2.71 bits per heavy atom. The first kappa shape index (κ1) is 14.3. The third kappa shape index (κ3) is 6.53. The van der Waals surface area contributed by atoms with Gasteiger partial charge in [0.1, 0.15) is 0 Å². The fourth-order valence-corrected chi connectivity index (χ4v) is 1.99. The van der Waals surface area contributed by atoms with Crippen LogP contribution in [0.1, 0.15) is 57.4 Å². The lowest BCUT2D eigenvalue weighted by molar-refractivity contribution is 0.611. The van der Waals surface area contributed by atoms with E-state index in [9.17, 15) is 0 Å². The van der Waals surface area contributed by atoms with Crippen LogP contribution in [-0.2, 0) is 0 Å². The molecule has 0 fully saturated rings. The molecule has 1 aromatic carbocycles. The number of halogens is 1. The van der Waals surface area contributed by atoms with Crippen molar-refractivity contribution >= 4 is 17.7 Å². The third-order valence-electron chi connectivity index (χ3n) is 2.84. The smallest absolute Gasteiger partial charge is 0.0484 e. The van der Waals surface area contributed by atoms with Gasteiger partial charge in [-0.25, -0.2) is 0 Å². The Morgan fingerprint density at radius 1 is 1.18 bits per heavy atom. The Bertz CT molecular complexity index is 328. The molecule has 0 aromatic heterocycles. The molecule has 0 heterocycles. The molecule has 0 saturated carbocycles. The molecule has 0 aliphatic rings. The molecule has 0 amide bonds. The van der Waals surface area contributed by atoms with Gasteiger partial charge in [0.15, 0.2) is 0 Å². The van der Waals surface area contributed by atoms with E-state index in [1.54, 1.807) is 0 Å². The quantitative estimate of drug-likeness (QED) is 0.503. The van der Waals surface area contributed by atoms with Gasteiger partial charge < -0.3 is 0 Å². The van der Waals surface area contributed by atoms with Crippen LogP contribution in [0.5, 0.6) is 0 Å². The minimum absolute atomic E-state index is 0.784. The van der Waals surface area contributed by atoms with Gasteiger partial charge in [-0.15, -0.1) is 0 Å². The molecule has 17 heavy (non-hydrogen) atoms. The maximum absolute atomic E-state index is 6.04. The van der Waals surface area contributed by atoms with Crippen LogP contribution < -0.4 is 0 Å². The van der Waals surface area contributed by atoms with E-state index in [1.165, 1.54) is 38.5 Å². The van der Waals surface area contributed by atoms with Crippen molar-refractivity contribution in [3.8, 4) is 0 Å². The number of benzene rings is 1. The molecule has 0 spiro atoms. The monoisotopic (exact) mass is 249 g/mol. The van der Waals surface area contributed by atoms with Gasteiger partial charge >= 0.3 is 0 Å². The molecule has 0 N–H and O–H groups in total. The Balaban J connectivity index is 2.12. The van der Waals surface area contributed by atoms with Gasteiger partial charge in [-0.3, -0.25) is 0 Å². The van der Waals surface area contributed by atoms with E-state index in [0.29, 0.717) is 0 Å². The SMILES string of the molecule is CCCCCCCC/C=C/c1[c]cccc1Cl. The normalized spacial score (nSPS) is 11.2. The van der Waals surface area contributed by atoms with Crippen molar-refractivity contribution in [3.63, 3.8) is 0 Å². The van der Waals surface area contributed by atoms with Gasteiger partial charge in [-0.05, 0) is 25.0 Å². The highest BCUT2D eigenvalue weighted by atomic mass is 35.5. The van der Waals surface area contributed by atoms with Crippen molar-refractivity contribution < 1.29 is 0 Å². The summed E-state index contributed by atoms with van der Waals surface area (Å²) in [6, 6.07) is 8.85. The Labute approximate surface area is 111 Å². The maximum atomic E-state index is 6.04. The van der Waals surface area contributed by atoms with Crippen LogP contribution in [-0.4, -0.2) is 0 Å². The Hall–Kier alpha value is -0.750. The van der Waals surface area contributed by atoms with E-state index in [-0.39, 0.29) is 0 Å². The van der Waals surface area contributed by atoms with Crippen LogP contribution in [0.15, 0.2) is 24.3 Å². The molecule has 0 unspecified atom stereocenters. The number of unbranched alkanes of at least 4 members (excludes halogenated alkanes) is 6. The molecular formula is C16H22Cl. The van der Waals surface area contributed by atoms with Crippen LogP contribution in [0.4, 0.5) is 0 Å².